The van der Waals surface area contributed by atoms with Crippen molar-refractivity contribution < 1.29 is 14.3 Å². The van der Waals surface area contributed by atoms with Crippen molar-refractivity contribution in [2.45, 2.75) is 13.5 Å². The van der Waals surface area contributed by atoms with Gasteiger partial charge in [-0.25, -0.2) is 14.8 Å². The lowest BCUT2D eigenvalue weighted by Gasteiger charge is -2.34. The SMILES string of the molecule is CCOC(=O)CNC(=O)N1CCN(Cc2nc3cccnc3n2-c2ccccc2)CC1. The molecular weight excluding hydrogens is 396 g/mol. The number of urea groups is 1. The van der Waals surface area contributed by atoms with Gasteiger partial charge in [-0.3, -0.25) is 14.3 Å². The van der Waals surface area contributed by atoms with E-state index in [0.717, 1.165) is 35.8 Å². The zero-order valence-corrected chi connectivity index (χ0v) is 17.5. The molecule has 9 heteroatoms. The van der Waals surface area contributed by atoms with Crippen molar-refractivity contribution in [2.75, 3.05) is 39.3 Å². The van der Waals surface area contributed by atoms with Crippen LogP contribution in [0.5, 0.6) is 0 Å². The predicted octanol–water partition coefficient (Wildman–Crippen LogP) is 1.81. The lowest BCUT2D eigenvalue weighted by atomic mass is 10.3. The summed E-state index contributed by atoms with van der Waals surface area (Å²) in [5, 5.41) is 2.62. The van der Waals surface area contributed by atoms with Gasteiger partial charge >= 0.3 is 12.0 Å². The van der Waals surface area contributed by atoms with Gasteiger partial charge in [0.25, 0.3) is 0 Å². The van der Waals surface area contributed by atoms with E-state index in [1.807, 2.05) is 42.5 Å². The van der Waals surface area contributed by atoms with Crippen LogP contribution in [0.3, 0.4) is 0 Å². The topological polar surface area (TPSA) is 92.6 Å². The van der Waals surface area contributed by atoms with Crippen LogP contribution in [0, 0.1) is 0 Å². The fourth-order valence-electron chi connectivity index (χ4n) is 3.69. The van der Waals surface area contributed by atoms with Gasteiger partial charge in [-0.1, -0.05) is 18.2 Å². The van der Waals surface area contributed by atoms with E-state index in [-0.39, 0.29) is 12.6 Å². The largest absolute Gasteiger partial charge is 0.465 e. The van der Waals surface area contributed by atoms with Gasteiger partial charge in [-0.2, -0.15) is 0 Å². The molecule has 3 heterocycles. The molecule has 1 N–H and O–H groups in total. The first-order valence-corrected chi connectivity index (χ1v) is 10.4. The highest BCUT2D eigenvalue weighted by atomic mass is 16.5. The molecule has 9 nitrogen and oxygen atoms in total. The van der Waals surface area contributed by atoms with Crippen LogP contribution in [-0.2, 0) is 16.1 Å². The van der Waals surface area contributed by atoms with Crippen LogP contribution in [0.1, 0.15) is 12.7 Å². The van der Waals surface area contributed by atoms with Gasteiger partial charge in [0.2, 0.25) is 0 Å². The molecule has 2 aromatic heterocycles. The van der Waals surface area contributed by atoms with Crippen molar-refractivity contribution in [3.8, 4) is 5.69 Å². The number of nitrogens with zero attached hydrogens (tertiary/aromatic N) is 5. The first-order chi connectivity index (χ1) is 15.2. The van der Waals surface area contributed by atoms with Crippen LogP contribution < -0.4 is 5.32 Å². The number of aromatic nitrogens is 3. The molecule has 31 heavy (non-hydrogen) atoms. The van der Waals surface area contributed by atoms with Crippen molar-refractivity contribution in [3.05, 3.63) is 54.5 Å². The molecule has 1 aliphatic rings. The normalized spacial score (nSPS) is 14.5. The van der Waals surface area contributed by atoms with Crippen molar-refractivity contribution in [2.24, 2.45) is 0 Å². The summed E-state index contributed by atoms with van der Waals surface area (Å²) in [5.74, 6) is 0.489. The third-order valence-electron chi connectivity index (χ3n) is 5.21. The third-order valence-corrected chi connectivity index (χ3v) is 5.21. The fourth-order valence-corrected chi connectivity index (χ4v) is 3.69. The lowest BCUT2D eigenvalue weighted by Crippen LogP contribution is -2.52. The van der Waals surface area contributed by atoms with Crippen LogP contribution in [0.2, 0.25) is 0 Å². The zero-order chi connectivity index (χ0) is 21.6. The molecule has 2 amide bonds. The van der Waals surface area contributed by atoms with Crippen molar-refractivity contribution in [1.29, 1.82) is 0 Å². The van der Waals surface area contributed by atoms with Gasteiger partial charge in [0, 0.05) is 38.1 Å². The summed E-state index contributed by atoms with van der Waals surface area (Å²) in [6, 6.07) is 13.7. The Labute approximate surface area is 180 Å². The van der Waals surface area contributed by atoms with E-state index >= 15 is 0 Å². The van der Waals surface area contributed by atoms with E-state index in [9.17, 15) is 9.59 Å². The van der Waals surface area contributed by atoms with E-state index in [1.165, 1.54) is 0 Å². The van der Waals surface area contributed by atoms with Gasteiger partial charge in [0.15, 0.2) is 5.65 Å². The molecule has 4 rings (SSSR count). The Hall–Kier alpha value is -3.46. The average molecular weight is 422 g/mol. The molecule has 3 aromatic rings. The van der Waals surface area contributed by atoms with Gasteiger partial charge in [-0.05, 0) is 31.2 Å². The summed E-state index contributed by atoms with van der Waals surface area (Å²) in [6.07, 6.45) is 1.78. The molecule has 162 valence electrons. The molecule has 0 saturated carbocycles. The zero-order valence-electron chi connectivity index (χ0n) is 17.5. The minimum absolute atomic E-state index is 0.110. The number of ether oxygens (including phenoxy) is 1. The second kappa shape index (κ2) is 9.57. The Bertz CT molecular complexity index is 1040. The number of imidazole rings is 1. The van der Waals surface area contributed by atoms with Crippen LogP contribution in [-0.4, -0.2) is 75.7 Å². The molecule has 1 aromatic carbocycles. The molecule has 0 bridgehead atoms. The maximum Gasteiger partial charge on any atom is 0.325 e. The van der Waals surface area contributed by atoms with Crippen molar-refractivity contribution in [1.82, 2.24) is 29.7 Å². The number of hydrogen-bond donors (Lipinski definition) is 1. The molecule has 0 radical (unpaired) electrons. The molecule has 1 aliphatic heterocycles. The second-order valence-corrected chi connectivity index (χ2v) is 7.27. The summed E-state index contributed by atoms with van der Waals surface area (Å²) >= 11 is 0. The molecule has 0 aliphatic carbocycles. The number of benzene rings is 1. The Balaban J connectivity index is 1.41. The molecule has 1 saturated heterocycles. The van der Waals surface area contributed by atoms with Gasteiger partial charge in [0.1, 0.15) is 17.9 Å². The van der Waals surface area contributed by atoms with E-state index in [0.29, 0.717) is 26.2 Å². The number of esters is 1. The highest BCUT2D eigenvalue weighted by Crippen LogP contribution is 2.21. The van der Waals surface area contributed by atoms with Crippen LogP contribution >= 0.6 is 0 Å². The summed E-state index contributed by atoms with van der Waals surface area (Å²) < 4.78 is 6.93. The highest BCUT2D eigenvalue weighted by Gasteiger charge is 2.23. The Morgan fingerprint density at radius 3 is 2.58 bits per heavy atom. The smallest absolute Gasteiger partial charge is 0.325 e. The lowest BCUT2D eigenvalue weighted by molar-refractivity contribution is -0.141. The number of hydrogen-bond acceptors (Lipinski definition) is 6. The van der Waals surface area contributed by atoms with Crippen LogP contribution in [0.4, 0.5) is 4.79 Å². The summed E-state index contributed by atoms with van der Waals surface area (Å²) in [4.78, 5) is 37.1. The Morgan fingerprint density at radius 2 is 1.84 bits per heavy atom. The predicted molar refractivity (Wildman–Crippen MR) is 116 cm³/mol. The van der Waals surface area contributed by atoms with Gasteiger partial charge in [0.05, 0.1) is 13.2 Å². The molecular formula is C22H26N6O3. The molecule has 0 atom stereocenters. The first-order valence-electron chi connectivity index (χ1n) is 10.4. The molecule has 0 unspecified atom stereocenters. The minimum Gasteiger partial charge on any atom is -0.465 e. The van der Waals surface area contributed by atoms with Gasteiger partial charge in [-0.15, -0.1) is 0 Å². The van der Waals surface area contributed by atoms with Crippen LogP contribution in [0.15, 0.2) is 48.7 Å². The summed E-state index contributed by atoms with van der Waals surface area (Å²) in [5.41, 5.74) is 2.72. The number of piperazine rings is 1. The number of amides is 2. The Morgan fingerprint density at radius 1 is 1.06 bits per heavy atom. The maximum atomic E-state index is 12.3. The molecule has 0 spiro atoms. The first kappa shape index (κ1) is 20.8. The number of para-hydroxylation sites is 1. The van der Waals surface area contributed by atoms with Crippen LogP contribution in [0.25, 0.3) is 16.9 Å². The number of pyridine rings is 1. The average Bonchev–Trinajstić information content (AvgIpc) is 3.16. The third kappa shape index (κ3) is 4.83. The van der Waals surface area contributed by atoms with Crippen molar-refractivity contribution in [3.63, 3.8) is 0 Å². The second-order valence-electron chi connectivity index (χ2n) is 7.27. The number of nitrogens with one attached hydrogen (secondary N) is 1. The number of rotatable bonds is 6. The van der Waals surface area contributed by atoms with E-state index in [1.54, 1.807) is 18.0 Å². The summed E-state index contributed by atoms with van der Waals surface area (Å²) in [7, 11) is 0. The minimum atomic E-state index is -0.428. The van der Waals surface area contributed by atoms with Gasteiger partial charge < -0.3 is 15.0 Å². The Kier molecular flexibility index (Phi) is 6.42. The monoisotopic (exact) mass is 422 g/mol. The highest BCUT2D eigenvalue weighted by molar-refractivity contribution is 5.81. The van der Waals surface area contributed by atoms with E-state index in [4.69, 9.17) is 9.72 Å². The van der Waals surface area contributed by atoms with Crippen molar-refractivity contribution >= 4 is 23.2 Å². The maximum absolute atomic E-state index is 12.3. The molecule has 1 fully saturated rings. The summed E-state index contributed by atoms with van der Waals surface area (Å²) in [6.45, 7) is 5.19. The van der Waals surface area contributed by atoms with E-state index < -0.39 is 5.97 Å². The number of carbonyl (C=O) groups excluding carboxylic acids is 2. The quantitative estimate of drug-likeness (QED) is 0.609. The number of carbonyl (C=O) groups is 2. The standard InChI is InChI=1S/C22H26N6O3/c1-2-31-20(29)15-24-22(30)27-13-11-26(12-14-27)16-19-25-18-9-6-10-23-21(18)28(19)17-7-4-3-5-8-17/h3-10H,2,11-16H2,1H3,(H,24,30). The fraction of sp³-hybridized carbons (Fsp3) is 0.364. The van der Waals surface area contributed by atoms with E-state index in [2.05, 4.69) is 19.8 Å². The number of fused-ring (bicyclic) bond motifs is 1.